The number of hydrogen-bond acceptors (Lipinski definition) is 5. The van der Waals surface area contributed by atoms with Crippen molar-refractivity contribution in [3.63, 3.8) is 0 Å². The van der Waals surface area contributed by atoms with Gasteiger partial charge in [0.2, 0.25) is 0 Å². The molecule has 1 aliphatic heterocycles. The van der Waals surface area contributed by atoms with Crippen LogP contribution in [0.1, 0.15) is 57.6 Å². The van der Waals surface area contributed by atoms with E-state index < -0.39 is 5.92 Å². The lowest BCUT2D eigenvalue weighted by Crippen LogP contribution is -2.37. The van der Waals surface area contributed by atoms with E-state index in [0.29, 0.717) is 40.9 Å². The number of nitrogens with zero attached hydrogens (tertiary/aromatic N) is 1. The molecule has 1 aromatic carbocycles. The molecule has 1 unspecified atom stereocenters. The molecule has 7 heteroatoms. The van der Waals surface area contributed by atoms with Crippen LogP contribution in [0.2, 0.25) is 0 Å². The molecule has 2 N–H and O–H groups in total. The molecule has 0 saturated carbocycles. The molecule has 30 heavy (non-hydrogen) atoms. The lowest BCUT2D eigenvalue weighted by molar-refractivity contribution is -0.118. The summed E-state index contributed by atoms with van der Waals surface area (Å²) in [6.07, 6.45) is 1.10. The van der Waals surface area contributed by atoms with E-state index in [1.54, 1.807) is 12.1 Å². The number of carbonyl (C=O) groups excluding carboxylic acids is 1. The molecule has 4 rings (SSSR count). The van der Waals surface area contributed by atoms with E-state index in [1.165, 1.54) is 23.9 Å². The minimum absolute atomic E-state index is 0.0198. The SMILES string of the molecule is CC(C)CSc1nc2c(c(=O)[nH]1)C(c1ccc(F)cc1)C1=C(CC(C)(C)CC1=O)N2. The first-order valence-electron chi connectivity index (χ1n) is 10.2. The zero-order valence-electron chi connectivity index (χ0n) is 17.6. The molecule has 5 nitrogen and oxygen atoms in total. The van der Waals surface area contributed by atoms with E-state index >= 15 is 0 Å². The van der Waals surface area contributed by atoms with E-state index in [9.17, 15) is 14.0 Å². The number of Topliss-reactive ketones (excluding diaryl/α,β-unsaturated/α-hetero) is 1. The Morgan fingerprint density at radius 2 is 1.90 bits per heavy atom. The number of carbonyl (C=O) groups is 1. The molecule has 1 atom stereocenters. The lowest BCUT2D eigenvalue weighted by atomic mass is 9.69. The van der Waals surface area contributed by atoms with Crippen LogP contribution in [0.5, 0.6) is 0 Å². The van der Waals surface area contributed by atoms with Crippen molar-refractivity contribution in [3.8, 4) is 0 Å². The summed E-state index contributed by atoms with van der Waals surface area (Å²) in [5.74, 6) is 0.895. The average Bonchev–Trinajstić information content (AvgIpc) is 2.64. The second kappa shape index (κ2) is 7.69. The molecule has 158 valence electrons. The molecule has 2 aromatic rings. The topological polar surface area (TPSA) is 74.8 Å². The lowest BCUT2D eigenvalue weighted by Gasteiger charge is -2.38. The van der Waals surface area contributed by atoms with E-state index in [2.05, 4.69) is 43.0 Å². The van der Waals surface area contributed by atoms with Gasteiger partial charge in [-0.3, -0.25) is 9.59 Å². The van der Waals surface area contributed by atoms with Gasteiger partial charge in [0.1, 0.15) is 11.6 Å². The van der Waals surface area contributed by atoms with Gasteiger partial charge in [0.15, 0.2) is 10.9 Å². The number of thioether (sulfide) groups is 1. The van der Waals surface area contributed by atoms with E-state index in [4.69, 9.17) is 0 Å². The second-order valence-corrected chi connectivity index (χ2v) is 10.3. The summed E-state index contributed by atoms with van der Waals surface area (Å²) in [5.41, 5.74) is 2.11. The third-order valence-electron chi connectivity index (χ3n) is 5.46. The van der Waals surface area contributed by atoms with Crippen molar-refractivity contribution in [2.75, 3.05) is 11.1 Å². The molecule has 0 spiro atoms. The molecule has 2 aliphatic rings. The van der Waals surface area contributed by atoms with Crippen LogP contribution in [-0.4, -0.2) is 21.5 Å². The zero-order chi connectivity index (χ0) is 21.6. The highest BCUT2D eigenvalue weighted by Gasteiger charge is 2.42. The number of nitrogens with one attached hydrogen (secondary N) is 2. The Balaban J connectivity index is 1.88. The van der Waals surface area contributed by atoms with Gasteiger partial charge in [-0.25, -0.2) is 9.37 Å². The third-order valence-corrected chi connectivity index (χ3v) is 6.76. The van der Waals surface area contributed by atoms with Gasteiger partial charge in [0.25, 0.3) is 5.56 Å². The van der Waals surface area contributed by atoms with Gasteiger partial charge in [-0.05, 0) is 35.4 Å². The van der Waals surface area contributed by atoms with Crippen molar-refractivity contribution >= 4 is 23.4 Å². The molecule has 1 aliphatic carbocycles. The number of halogens is 1. The Labute approximate surface area is 179 Å². The fourth-order valence-electron chi connectivity index (χ4n) is 4.20. The number of H-pyrrole nitrogens is 1. The predicted octanol–water partition coefficient (Wildman–Crippen LogP) is 4.86. The van der Waals surface area contributed by atoms with Gasteiger partial charge in [-0.15, -0.1) is 0 Å². The number of aromatic nitrogens is 2. The van der Waals surface area contributed by atoms with Gasteiger partial charge in [0, 0.05) is 29.4 Å². The molecule has 2 heterocycles. The molecule has 0 bridgehead atoms. The normalized spacial score (nSPS) is 20.1. The van der Waals surface area contributed by atoms with Gasteiger partial charge < -0.3 is 10.3 Å². The molecule has 0 fully saturated rings. The first-order chi connectivity index (χ1) is 14.1. The fraction of sp³-hybridized carbons (Fsp3) is 0.435. The van der Waals surface area contributed by atoms with Crippen LogP contribution >= 0.6 is 11.8 Å². The minimum Gasteiger partial charge on any atom is -0.343 e. The monoisotopic (exact) mass is 427 g/mol. The number of aromatic amines is 1. The number of ketones is 1. The first-order valence-corrected chi connectivity index (χ1v) is 11.2. The Bertz CT molecular complexity index is 1090. The summed E-state index contributed by atoms with van der Waals surface area (Å²) in [6, 6.07) is 6.02. The number of benzene rings is 1. The largest absolute Gasteiger partial charge is 0.343 e. The number of fused-ring (bicyclic) bond motifs is 1. The summed E-state index contributed by atoms with van der Waals surface area (Å²) < 4.78 is 13.6. The van der Waals surface area contributed by atoms with Crippen LogP contribution in [0.25, 0.3) is 0 Å². The molecular weight excluding hydrogens is 401 g/mol. The fourth-order valence-corrected chi connectivity index (χ4v) is 5.01. The molecule has 0 amide bonds. The quantitative estimate of drug-likeness (QED) is 0.539. The van der Waals surface area contributed by atoms with Crippen molar-refractivity contribution in [2.24, 2.45) is 11.3 Å². The van der Waals surface area contributed by atoms with Crippen LogP contribution in [0.15, 0.2) is 45.5 Å². The minimum atomic E-state index is -0.555. The summed E-state index contributed by atoms with van der Waals surface area (Å²) >= 11 is 1.50. The maximum absolute atomic E-state index is 13.6. The molecule has 0 saturated heterocycles. The van der Waals surface area contributed by atoms with Crippen molar-refractivity contribution in [1.82, 2.24) is 9.97 Å². The van der Waals surface area contributed by atoms with Crippen molar-refractivity contribution < 1.29 is 9.18 Å². The molecule has 0 radical (unpaired) electrons. The van der Waals surface area contributed by atoms with Gasteiger partial charge in [0.05, 0.1) is 5.56 Å². The van der Waals surface area contributed by atoms with E-state index in [1.807, 2.05) is 0 Å². The highest BCUT2D eigenvalue weighted by atomic mass is 32.2. The summed E-state index contributed by atoms with van der Waals surface area (Å²) in [6.45, 7) is 8.35. The van der Waals surface area contributed by atoms with Crippen LogP contribution in [0.3, 0.4) is 0 Å². The number of allylic oxidation sites excluding steroid dienone is 2. The zero-order valence-corrected chi connectivity index (χ0v) is 18.5. The highest BCUT2D eigenvalue weighted by Crippen LogP contribution is 2.47. The predicted molar refractivity (Wildman–Crippen MR) is 117 cm³/mol. The van der Waals surface area contributed by atoms with Crippen molar-refractivity contribution in [2.45, 2.75) is 51.6 Å². The Hall–Kier alpha value is -2.41. The van der Waals surface area contributed by atoms with Crippen LogP contribution in [-0.2, 0) is 4.79 Å². The Kier molecular flexibility index (Phi) is 5.34. The second-order valence-electron chi connectivity index (χ2n) is 9.28. The summed E-state index contributed by atoms with van der Waals surface area (Å²) in [4.78, 5) is 33.8. The van der Waals surface area contributed by atoms with Gasteiger partial charge in [-0.1, -0.05) is 51.6 Å². The highest BCUT2D eigenvalue weighted by molar-refractivity contribution is 7.99. The van der Waals surface area contributed by atoms with Crippen LogP contribution in [0, 0.1) is 17.2 Å². The summed E-state index contributed by atoms with van der Waals surface area (Å²) in [5, 5.41) is 3.86. The van der Waals surface area contributed by atoms with Crippen LogP contribution in [0.4, 0.5) is 10.2 Å². The van der Waals surface area contributed by atoms with Gasteiger partial charge in [-0.2, -0.15) is 0 Å². The average molecular weight is 428 g/mol. The smallest absolute Gasteiger partial charge is 0.257 e. The molecule has 1 aromatic heterocycles. The summed E-state index contributed by atoms with van der Waals surface area (Å²) in [7, 11) is 0. The maximum atomic E-state index is 13.6. The standard InChI is InChI=1S/C23H26FN3O2S/c1-12(2)11-30-22-26-20-19(21(29)27-22)17(13-5-7-14(24)8-6-13)18-15(25-20)9-23(3,4)10-16(18)28/h5-8,12,17H,9-11H2,1-4H3,(H2,25,26,27,29). The number of rotatable bonds is 4. The Morgan fingerprint density at radius 1 is 1.20 bits per heavy atom. The van der Waals surface area contributed by atoms with Gasteiger partial charge >= 0.3 is 0 Å². The van der Waals surface area contributed by atoms with E-state index in [-0.39, 0.29) is 22.6 Å². The van der Waals surface area contributed by atoms with Crippen molar-refractivity contribution in [1.29, 1.82) is 0 Å². The molecular formula is C23H26FN3O2S. The van der Waals surface area contributed by atoms with Crippen molar-refractivity contribution in [3.05, 3.63) is 62.8 Å². The van der Waals surface area contributed by atoms with Crippen LogP contribution < -0.4 is 10.9 Å². The van der Waals surface area contributed by atoms with E-state index in [0.717, 1.165) is 17.0 Å². The number of anilines is 1. The maximum Gasteiger partial charge on any atom is 0.257 e. The third kappa shape index (κ3) is 3.95. The Morgan fingerprint density at radius 3 is 2.57 bits per heavy atom. The number of hydrogen-bond donors (Lipinski definition) is 2. The first kappa shape index (κ1) is 20.8.